The van der Waals surface area contributed by atoms with Crippen LogP contribution in [0.2, 0.25) is 0 Å². The normalized spacial score (nSPS) is 17.9. The second-order valence-electron chi connectivity index (χ2n) is 5.22. The molecule has 0 spiro atoms. The van der Waals surface area contributed by atoms with Gasteiger partial charge in [-0.2, -0.15) is 4.79 Å². The van der Waals surface area contributed by atoms with E-state index in [4.69, 9.17) is 0 Å². The van der Waals surface area contributed by atoms with Gasteiger partial charge in [0.05, 0.1) is 4.90 Å². The first-order valence-corrected chi connectivity index (χ1v) is 9.38. The van der Waals surface area contributed by atoms with E-state index in [1.807, 2.05) is 0 Å². The summed E-state index contributed by atoms with van der Waals surface area (Å²) in [5.41, 5.74) is 9.21. The molecule has 0 bridgehead atoms. The van der Waals surface area contributed by atoms with Crippen LogP contribution in [0.1, 0.15) is 32.1 Å². The maximum Gasteiger partial charge on any atom is 0.406 e. The molecule has 0 saturated heterocycles. The molecule has 9 heteroatoms. The van der Waals surface area contributed by atoms with Crippen LogP contribution in [-0.2, 0) is 20.5 Å². The molecule has 22 heavy (non-hydrogen) atoms. The molecule has 120 valence electrons. The Morgan fingerprint density at radius 2 is 1.86 bits per heavy atom. The van der Waals surface area contributed by atoms with E-state index in [2.05, 4.69) is 4.79 Å². The van der Waals surface area contributed by atoms with Gasteiger partial charge in [-0.15, -0.1) is 0 Å². The first kappa shape index (κ1) is 16.8. The van der Waals surface area contributed by atoms with Gasteiger partial charge in [-0.1, -0.05) is 25.3 Å². The summed E-state index contributed by atoms with van der Waals surface area (Å²) in [5, 5.41) is -0.818. The number of thiol groups is 1. The van der Waals surface area contributed by atoms with Gasteiger partial charge in [-0.25, -0.2) is 21.2 Å². The van der Waals surface area contributed by atoms with Crippen molar-refractivity contribution in [2.75, 3.05) is 0 Å². The second-order valence-corrected chi connectivity index (χ2v) is 8.45. The standard InChI is InChI=1S/C13H15FN2O4S2/c14-10-5-4-6-11(9-10)22(19,20)12(16-15)13(21(17)18)7-2-1-3-8-13/h4-6,9,21H,1-3,7-8H2. The van der Waals surface area contributed by atoms with Crippen LogP contribution in [0.25, 0.3) is 5.53 Å². The van der Waals surface area contributed by atoms with Crippen molar-refractivity contribution in [1.29, 1.82) is 0 Å². The smallest absolute Gasteiger partial charge is 0.360 e. The minimum absolute atomic E-state index is 0.0691. The zero-order valence-electron chi connectivity index (χ0n) is 11.6. The van der Waals surface area contributed by atoms with E-state index >= 15 is 0 Å². The monoisotopic (exact) mass is 346 g/mol. The summed E-state index contributed by atoms with van der Waals surface area (Å²) in [5.74, 6) is -0.775. The fourth-order valence-electron chi connectivity index (χ4n) is 2.75. The average Bonchev–Trinajstić information content (AvgIpc) is 2.48. The molecule has 0 unspecified atom stereocenters. The molecule has 2 rings (SSSR count). The minimum Gasteiger partial charge on any atom is -0.360 e. The van der Waals surface area contributed by atoms with E-state index in [0.717, 1.165) is 24.6 Å². The molecule has 0 heterocycles. The number of rotatable bonds is 3. The highest BCUT2D eigenvalue weighted by Gasteiger charge is 2.54. The number of halogens is 1. The van der Waals surface area contributed by atoms with E-state index in [0.29, 0.717) is 12.8 Å². The maximum atomic E-state index is 13.3. The summed E-state index contributed by atoms with van der Waals surface area (Å²) in [4.78, 5) is 2.38. The van der Waals surface area contributed by atoms with Gasteiger partial charge in [0.2, 0.25) is 0 Å². The lowest BCUT2D eigenvalue weighted by atomic mass is 9.89. The third-order valence-corrected chi connectivity index (χ3v) is 7.25. The number of hydrogen-bond acceptors (Lipinski definition) is 4. The third kappa shape index (κ3) is 2.84. The van der Waals surface area contributed by atoms with Crippen LogP contribution >= 0.6 is 0 Å². The van der Waals surface area contributed by atoms with Crippen molar-refractivity contribution in [2.24, 2.45) is 0 Å². The molecule has 0 aromatic heterocycles. The third-order valence-electron chi connectivity index (χ3n) is 3.88. The number of nitrogens with zero attached hydrogens (tertiary/aromatic N) is 2. The van der Waals surface area contributed by atoms with E-state index in [1.54, 1.807) is 0 Å². The molecule has 1 aliphatic carbocycles. The predicted molar refractivity (Wildman–Crippen MR) is 78.3 cm³/mol. The summed E-state index contributed by atoms with van der Waals surface area (Å²) in [6.07, 6.45) is 1.95. The lowest BCUT2D eigenvalue weighted by Gasteiger charge is -2.27. The fourth-order valence-corrected chi connectivity index (χ4v) is 5.78. The molecule has 1 aliphatic rings. The Morgan fingerprint density at radius 1 is 1.23 bits per heavy atom. The molecular weight excluding hydrogens is 331 g/mol. The first-order chi connectivity index (χ1) is 10.3. The Labute approximate surface area is 129 Å². The zero-order valence-corrected chi connectivity index (χ0v) is 13.3. The first-order valence-electron chi connectivity index (χ1n) is 6.72. The molecule has 1 saturated carbocycles. The molecule has 1 fully saturated rings. The van der Waals surface area contributed by atoms with Crippen LogP contribution in [-0.4, -0.2) is 31.4 Å². The van der Waals surface area contributed by atoms with Crippen molar-refractivity contribution in [1.82, 2.24) is 0 Å². The Kier molecular flexibility index (Phi) is 4.79. The largest absolute Gasteiger partial charge is 0.406 e. The Bertz CT molecular complexity index is 797. The highest BCUT2D eigenvalue weighted by molar-refractivity contribution is 8.07. The highest BCUT2D eigenvalue weighted by atomic mass is 32.2. The van der Waals surface area contributed by atoms with E-state index in [1.165, 1.54) is 6.07 Å². The summed E-state index contributed by atoms with van der Waals surface area (Å²) < 4.78 is 60.2. The number of hydrogen-bond donors (Lipinski definition) is 1. The molecule has 0 radical (unpaired) electrons. The van der Waals surface area contributed by atoms with Crippen molar-refractivity contribution in [3.05, 3.63) is 35.6 Å². The van der Waals surface area contributed by atoms with Crippen LogP contribution in [0, 0.1) is 5.82 Å². The number of sulfone groups is 1. The Hall–Kier alpha value is -1.57. The van der Waals surface area contributed by atoms with Crippen LogP contribution in [0.4, 0.5) is 4.39 Å². The Morgan fingerprint density at radius 3 is 2.36 bits per heavy atom. The van der Waals surface area contributed by atoms with Gasteiger partial charge in [0.25, 0.3) is 9.84 Å². The molecule has 0 aliphatic heterocycles. The van der Waals surface area contributed by atoms with Crippen molar-refractivity contribution in [3.63, 3.8) is 0 Å². The minimum atomic E-state index is -4.40. The molecule has 0 N–H and O–H groups in total. The quantitative estimate of drug-likeness (QED) is 0.295. The van der Waals surface area contributed by atoms with Crippen molar-refractivity contribution in [3.8, 4) is 0 Å². The summed E-state index contributed by atoms with van der Waals surface area (Å²) >= 11 is 0. The second kappa shape index (κ2) is 6.28. The lowest BCUT2D eigenvalue weighted by Crippen LogP contribution is -2.46. The summed E-state index contributed by atoms with van der Waals surface area (Å²) in [6.45, 7) is 0. The van der Waals surface area contributed by atoms with Crippen LogP contribution in [0.15, 0.2) is 29.2 Å². The summed E-state index contributed by atoms with van der Waals surface area (Å²) in [6, 6.07) is 4.17. The SMILES string of the molecule is [N-]=[N+]=C(C1([SH](=O)=O)CCCCC1)S(=O)(=O)c1cccc(F)c1. The van der Waals surface area contributed by atoms with Gasteiger partial charge in [-0.05, 0) is 31.0 Å². The van der Waals surface area contributed by atoms with Gasteiger partial charge in [0.15, 0.2) is 15.5 Å². The van der Waals surface area contributed by atoms with E-state index in [-0.39, 0.29) is 12.8 Å². The lowest BCUT2D eigenvalue weighted by molar-refractivity contribution is -0.00739. The van der Waals surface area contributed by atoms with Crippen molar-refractivity contribution in [2.45, 2.75) is 41.7 Å². The van der Waals surface area contributed by atoms with Gasteiger partial charge >= 0.3 is 5.04 Å². The zero-order chi connectivity index (χ0) is 16.4. The van der Waals surface area contributed by atoms with Crippen LogP contribution < -0.4 is 0 Å². The van der Waals surface area contributed by atoms with E-state index < -0.39 is 41.0 Å². The Balaban J connectivity index is 2.63. The molecule has 6 nitrogen and oxygen atoms in total. The average molecular weight is 346 g/mol. The van der Waals surface area contributed by atoms with Crippen molar-refractivity contribution >= 4 is 25.6 Å². The van der Waals surface area contributed by atoms with Crippen molar-refractivity contribution < 1.29 is 26.0 Å². The van der Waals surface area contributed by atoms with Gasteiger partial charge in [0, 0.05) is 0 Å². The van der Waals surface area contributed by atoms with Gasteiger partial charge in [-0.3, -0.25) is 0 Å². The molecule has 0 amide bonds. The van der Waals surface area contributed by atoms with E-state index in [9.17, 15) is 26.8 Å². The maximum absolute atomic E-state index is 13.3. The highest BCUT2D eigenvalue weighted by Crippen LogP contribution is 2.35. The fraction of sp³-hybridized carbons (Fsp3) is 0.462. The summed E-state index contributed by atoms with van der Waals surface area (Å²) in [7, 11) is -7.57. The molecule has 1 aromatic carbocycles. The molecule has 1 aromatic rings. The van der Waals surface area contributed by atoms with Gasteiger partial charge in [0.1, 0.15) is 5.82 Å². The topological polar surface area (TPSA) is 105 Å². The predicted octanol–water partition coefficient (Wildman–Crippen LogP) is 1.54. The number of benzene rings is 1. The molecule has 0 atom stereocenters. The van der Waals surface area contributed by atoms with Gasteiger partial charge < -0.3 is 5.53 Å². The van der Waals surface area contributed by atoms with Crippen LogP contribution in [0.5, 0.6) is 0 Å². The van der Waals surface area contributed by atoms with Crippen LogP contribution in [0.3, 0.4) is 0 Å². The molecular formula is C13H15FN2O4S2.